The smallest absolute Gasteiger partial charge is 0.379 e. The maximum atomic E-state index is 12.5. The zero-order valence-electron chi connectivity index (χ0n) is 13.3. The van der Waals surface area contributed by atoms with Gasteiger partial charge in [-0.05, 0) is 35.9 Å². The van der Waals surface area contributed by atoms with Gasteiger partial charge in [0, 0.05) is 11.8 Å². The van der Waals surface area contributed by atoms with E-state index in [0.717, 1.165) is 29.8 Å². The van der Waals surface area contributed by atoms with Crippen LogP contribution in [0.25, 0.3) is 11.1 Å². The number of hydrogen-bond acceptors (Lipinski definition) is 3. The Hall–Kier alpha value is -3.35. The Morgan fingerprint density at radius 2 is 1.62 bits per heavy atom. The molecule has 0 bridgehead atoms. The Morgan fingerprint density at radius 1 is 0.923 bits per heavy atom. The highest BCUT2D eigenvalue weighted by Gasteiger charge is 2.30. The SMILES string of the molecule is O=C(NOc1ccc(C(F)(F)F)cc1)c1ncccc1-c1ccccc1. The molecule has 1 N–H and O–H groups in total. The summed E-state index contributed by atoms with van der Waals surface area (Å²) in [6, 6.07) is 16.6. The fourth-order valence-electron chi connectivity index (χ4n) is 2.30. The Morgan fingerprint density at radius 3 is 2.27 bits per heavy atom. The number of hydroxylamine groups is 1. The highest BCUT2D eigenvalue weighted by atomic mass is 19.4. The van der Waals surface area contributed by atoms with Gasteiger partial charge in [-0.2, -0.15) is 18.7 Å². The number of pyridine rings is 1. The lowest BCUT2D eigenvalue weighted by atomic mass is 10.0. The molecular weight excluding hydrogens is 345 g/mol. The minimum atomic E-state index is -4.43. The van der Waals surface area contributed by atoms with Gasteiger partial charge in [0.2, 0.25) is 0 Å². The molecule has 0 fully saturated rings. The first-order valence-electron chi connectivity index (χ1n) is 7.60. The molecule has 26 heavy (non-hydrogen) atoms. The molecule has 7 heteroatoms. The van der Waals surface area contributed by atoms with Crippen molar-refractivity contribution in [3.63, 3.8) is 0 Å². The lowest BCUT2D eigenvalue weighted by Crippen LogP contribution is -2.28. The molecule has 0 aliphatic heterocycles. The standard InChI is InChI=1S/C19H13F3N2O2/c20-19(21,22)14-8-10-15(11-9-14)26-24-18(25)17-16(7-4-12-23-17)13-5-2-1-3-6-13/h1-12H,(H,24,25). The van der Waals surface area contributed by atoms with Crippen LogP contribution >= 0.6 is 0 Å². The Bertz CT molecular complexity index is 895. The quantitative estimate of drug-likeness (QED) is 0.699. The first-order valence-corrected chi connectivity index (χ1v) is 7.60. The van der Waals surface area contributed by atoms with Gasteiger partial charge in [0.25, 0.3) is 0 Å². The first-order chi connectivity index (χ1) is 12.4. The zero-order chi connectivity index (χ0) is 18.6. The van der Waals surface area contributed by atoms with Crippen LogP contribution in [0.3, 0.4) is 0 Å². The highest BCUT2D eigenvalue weighted by Crippen LogP contribution is 2.30. The predicted molar refractivity (Wildman–Crippen MR) is 89.2 cm³/mol. The number of hydrogen-bond donors (Lipinski definition) is 1. The number of benzene rings is 2. The van der Waals surface area contributed by atoms with Gasteiger partial charge in [-0.3, -0.25) is 9.78 Å². The van der Waals surface area contributed by atoms with Crippen LogP contribution in [0.15, 0.2) is 72.9 Å². The summed E-state index contributed by atoms with van der Waals surface area (Å²) in [7, 11) is 0. The molecule has 0 saturated carbocycles. The van der Waals surface area contributed by atoms with Gasteiger partial charge in [-0.1, -0.05) is 36.4 Å². The van der Waals surface area contributed by atoms with Crippen LogP contribution < -0.4 is 10.3 Å². The summed E-state index contributed by atoms with van der Waals surface area (Å²) in [4.78, 5) is 21.5. The molecule has 2 aromatic carbocycles. The van der Waals surface area contributed by atoms with Crippen molar-refractivity contribution in [3.05, 3.63) is 84.2 Å². The summed E-state index contributed by atoms with van der Waals surface area (Å²) < 4.78 is 37.6. The fourth-order valence-corrected chi connectivity index (χ4v) is 2.30. The second-order valence-corrected chi connectivity index (χ2v) is 5.32. The fraction of sp³-hybridized carbons (Fsp3) is 0.0526. The Kier molecular flexibility index (Phi) is 4.88. The van der Waals surface area contributed by atoms with Crippen LogP contribution in [0.4, 0.5) is 13.2 Å². The minimum absolute atomic E-state index is 0.0727. The first kappa shape index (κ1) is 17.5. The zero-order valence-corrected chi connectivity index (χ0v) is 13.3. The monoisotopic (exact) mass is 358 g/mol. The van der Waals surface area contributed by atoms with E-state index in [1.165, 1.54) is 6.20 Å². The third-order valence-electron chi connectivity index (χ3n) is 3.55. The largest absolute Gasteiger partial charge is 0.416 e. The predicted octanol–water partition coefficient (Wildman–Crippen LogP) is 4.49. The number of rotatable bonds is 4. The van der Waals surface area contributed by atoms with Crippen molar-refractivity contribution < 1.29 is 22.8 Å². The average Bonchev–Trinajstić information content (AvgIpc) is 2.66. The molecule has 1 heterocycles. The van der Waals surface area contributed by atoms with Gasteiger partial charge in [-0.15, -0.1) is 0 Å². The molecule has 0 atom stereocenters. The Balaban J connectivity index is 1.73. The number of alkyl halides is 3. The van der Waals surface area contributed by atoms with Crippen molar-refractivity contribution in [2.75, 3.05) is 0 Å². The van der Waals surface area contributed by atoms with Crippen molar-refractivity contribution in [2.45, 2.75) is 6.18 Å². The lowest BCUT2D eigenvalue weighted by Gasteiger charge is -2.11. The van der Waals surface area contributed by atoms with E-state index in [1.807, 2.05) is 30.3 Å². The molecule has 3 aromatic rings. The number of halogens is 3. The topological polar surface area (TPSA) is 51.2 Å². The molecule has 0 radical (unpaired) electrons. The molecule has 3 rings (SSSR count). The van der Waals surface area contributed by atoms with E-state index in [0.29, 0.717) is 5.56 Å². The van der Waals surface area contributed by atoms with E-state index in [1.54, 1.807) is 12.1 Å². The second-order valence-electron chi connectivity index (χ2n) is 5.32. The van der Waals surface area contributed by atoms with Gasteiger partial charge in [-0.25, -0.2) is 0 Å². The molecular formula is C19H13F3N2O2. The number of aromatic nitrogens is 1. The van der Waals surface area contributed by atoms with E-state index in [4.69, 9.17) is 4.84 Å². The van der Waals surface area contributed by atoms with Crippen LogP contribution in [0.5, 0.6) is 5.75 Å². The van der Waals surface area contributed by atoms with Gasteiger partial charge in [0.1, 0.15) is 5.69 Å². The lowest BCUT2D eigenvalue weighted by molar-refractivity contribution is -0.137. The third kappa shape index (κ3) is 4.00. The van der Waals surface area contributed by atoms with Gasteiger partial charge < -0.3 is 4.84 Å². The molecule has 1 aromatic heterocycles. The van der Waals surface area contributed by atoms with E-state index in [-0.39, 0.29) is 11.4 Å². The molecule has 0 aliphatic carbocycles. The van der Waals surface area contributed by atoms with E-state index in [9.17, 15) is 18.0 Å². The summed E-state index contributed by atoms with van der Waals surface area (Å²) >= 11 is 0. The number of nitrogens with zero attached hydrogens (tertiary/aromatic N) is 1. The summed E-state index contributed by atoms with van der Waals surface area (Å²) in [6.45, 7) is 0. The van der Waals surface area contributed by atoms with Gasteiger partial charge in [0.15, 0.2) is 5.75 Å². The molecule has 0 saturated heterocycles. The maximum absolute atomic E-state index is 12.5. The minimum Gasteiger partial charge on any atom is -0.379 e. The van der Waals surface area contributed by atoms with E-state index < -0.39 is 17.6 Å². The number of carbonyl (C=O) groups excluding carboxylic acids is 1. The molecule has 1 amide bonds. The van der Waals surface area contributed by atoms with Crippen molar-refractivity contribution >= 4 is 5.91 Å². The normalized spacial score (nSPS) is 11.0. The summed E-state index contributed by atoms with van der Waals surface area (Å²) in [6.07, 6.45) is -2.96. The van der Waals surface area contributed by atoms with Gasteiger partial charge >= 0.3 is 12.1 Å². The molecule has 0 unspecified atom stereocenters. The average molecular weight is 358 g/mol. The number of nitrogens with one attached hydrogen (secondary N) is 1. The van der Waals surface area contributed by atoms with Crippen LogP contribution in [0, 0.1) is 0 Å². The third-order valence-corrected chi connectivity index (χ3v) is 3.55. The van der Waals surface area contributed by atoms with Gasteiger partial charge in [0.05, 0.1) is 5.56 Å². The van der Waals surface area contributed by atoms with Crippen molar-refractivity contribution in [1.82, 2.24) is 10.5 Å². The summed E-state index contributed by atoms with van der Waals surface area (Å²) in [5, 5.41) is 0. The molecule has 132 valence electrons. The van der Waals surface area contributed by atoms with Crippen LogP contribution in [0.2, 0.25) is 0 Å². The van der Waals surface area contributed by atoms with Crippen LogP contribution in [-0.4, -0.2) is 10.9 Å². The van der Waals surface area contributed by atoms with Crippen molar-refractivity contribution in [2.24, 2.45) is 0 Å². The summed E-state index contributed by atoms with van der Waals surface area (Å²) in [5.74, 6) is -0.534. The Labute approximate surface area is 147 Å². The second kappa shape index (κ2) is 7.26. The number of carbonyl (C=O) groups is 1. The molecule has 0 aliphatic rings. The van der Waals surface area contributed by atoms with Crippen molar-refractivity contribution in [3.8, 4) is 16.9 Å². The van der Waals surface area contributed by atoms with E-state index >= 15 is 0 Å². The molecule has 0 spiro atoms. The molecule has 4 nitrogen and oxygen atoms in total. The summed E-state index contributed by atoms with van der Waals surface area (Å²) in [5.41, 5.74) is 2.96. The van der Waals surface area contributed by atoms with Crippen molar-refractivity contribution in [1.29, 1.82) is 0 Å². The van der Waals surface area contributed by atoms with E-state index in [2.05, 4.69) is 10.5 Å². The van der Waals surface area contributed by atoms with Crippen LogP contribution in [-0.2, 0) is 6.18 Å². The van der Waals surface area contributed by atoms with Crippen LogP contribution in [0.1, 0.15) is 16.1 Å². The highest BCUT2D eigenvalue weighted by molar-refractivity contribution is 5.98. The number of amides is 1. The maximum Gasteiger partial charge on any atom is 0.416 e.